The minimum Gasteiger partial charge on any atom is -0.354 e. The molecule has 0 spiro atoms. The molecule has 2 amide bonds. The molecule has 1 aliphatic rings. The zero-order valence-corrected chi connectivity index (χ0v) is 16.8. The standard InChI is InChI=1S/C21H22Cl2N2O2/c1-13(2)12-25-19(14-6-3-4-7-15(14)21(25)27)20(26)24-11-10-16-17(22)8-5-9-18(16)23/h3-9,13,19H,10-12H2,1-2H3,(H,24,26). The Kier molecular flexibility index (Phi) is 6.08. The number of hydrogen-bond acceptors (Lipinski definition) is 2. The van der Waals surface area contributed by atoms with Crippen LogP contribution in [0.3, 0.4) is 0 Å². The topological polar surface area (TPSA) is 49.4 Å². The molecule has 1 aliphatic heterocycles. The Morgan fingerprint density at radius 3 is 2.44 bits per heavy atom. The molecule has 0 aromatic heterocycles. The molecule has 6 heteroatoms. The Morgan fingerprint density at radius 2 is 1.78 bits per heavy atom. The van der Waals surface area contributed by atoms with Crippen LogP contribution in [0.5, 0.6) is 0 Å². The van der Waals surface area contributed by atoms with Crippen molar-refractivity contribution in [3.8, 4) is 0 Å². The summed E-state index contributed by atoms with van der Waals surface area (Å²) in [4.78, 5) is 27.3. The predicted molar refractivity (Wildman–Crippen MR) is 108 cm³/mol. The van der Waals surface area contributed by atoms with Crippen LogP contribution in [0, 0.1) is 5.92 Å². The number of fused-ring (bicyclic) bond motifs is 1. The van der Waals surface area contributed by atoms with Crippen molar-refractivity contribution in [3.05, 3.63) is 69.2 Å². The lowest BCUT2D eigenvalue weighted by atomic mass is 10.0. The minimum atomic E-state index is -0.599. The zero-order valence-electron chi connectivity index (χ0n) is 15.3. The average Bonchev–Trinajstić information content (AvgIpc) is 2.89. The van der Waals surface area contributed by atoms with Crippen LogP contribution in [-0.4, -0.2) is 29.8 Å². The maximum atomic E-state index is 12.9. The number of benzene rings is 2. The van der Waals surface area contributed by atoms with E-state index in [1.54, 1.807) is 29.2 Å². The van der Waals surface area contributed by atoms with Gasteiger partial charge in [0.25, 0.3) is 5.91 Å². The van der Waals surface area contributed by atoms with Crippen LogP contribution >= 0.6 is 23.2 Å². The zero-order chi connectivity index (χ0) is 19.6. The monoisotopic (exact) mass is 404 g/mol. The van der Waals surface area contributed by atoms with Crippen LogP contribution in [0.2, 0.25) is 10.0 Å². The molecule has 0 aliphatic carbocycles. The second-order valence-corrected chi connectivity index (χ2v) is 7.90. The van der Waals surface area contributed by atoms with E-state index in [1.165, 1.54) is 0 Å². The summed E-state index contributed by atoms with van der Waals surface area (Å²) in [5, 5.41) is 4.11. The van der Waals surface area contributed by atoms with Gasteiger partial charge in [0.15, 0.2) is 0 Å². The molecule has 0 saturated heterocycles. The fraction of sp³-hybridized carbons (Fsp3) is 0.333. The summed E-state index contributed by atoms with van der Waals surface area (Å²) >= 11 is 12.4. The van der Waals surface area contributed by atoms with Crippen LogP contribution in [0.25, 0.3) is 0 Å². The molecule has 0 fully saturated rings. The van der Waals surface area contributed by atoms with E-state index in [9.17, 15) is 9.59 Å². The SMILES string of the molecule is CC(C)CN1C(=O)c2ccccc2C1C(=O)NCCc1c(Cl)cccc1Cl. The molecule has 0 bridgehead atoms. The normalized spacial score (nSPS) is 16.0. The first-order chi connectivity index (χ1) is 12.9. The Bertz CT molecular complexity index is 847. The maximum Gasteiger partial charge on any atom is 0.255 e. The van der Waals surface area contributed by atoms with E-state index in [0.29, 0.717) is 35.1 Å². The van der Waals surface area contributed by atoms with Gasteiger partial charge in [-0.15, -0.1) is 0 Å². The van der Waals surface area contributed by atoms with Crippen molar-refractivity contribution in [2.24, 2.45) is 5.92 Å². The molecule has 1 heterocycles. The molecule has 0 saturated carbocycles. The predicted octanol–water partition coefficient (Wildman–Crippen LogP) is 4.51. The number of amides is 2. The van der Waals surface area contributed by atoms with Crippen molar-refractivity contribution >= 4 is 35.0 Å². The summed E-state index contributed by atoms with van der Waals surface area (Å²) in [5.74, 6) is -0.00813. The lowest BCUT2D eigenvalue weighted by Gasteiger charge is -2.26. The third-order valence-corrected chi connectivity index (χ3v) is 5.31. The van der Waals surface area contributed by atoms with Crippen LogP contribution in [0.1, 0.15) is 41.4 Å². The lowest BCUT2D eigenvalue weighted by molar-refractivity contribution is -0.125. The van der Waals surface area contributed by atoms with Gasteiger partial charge in [0.05, 0.1) is 0 Å². The first-order valence-electron chi connectivity index (χ1n) is 9.00. The Hall–Kier alpha value is -2.04. The van der Waals surface area contributed by atoms with Gasteiger partial charge in [-0.3, -0.25) is 9.59 Å². The smallest absolute Gasteiger partial charge is 0.255 e. The van der Waals surface area contributed by atoms with Gasteiger partial charge in [-0.25, -0.2) is 0 Å². The molecule has 0 radical (unpaired) electrons. The van der Waals surface area contributed by atoms with E-state index < -0.39 is 6.04 Å². The van der Waals surface area contributed by atoms with Gasteiger partial charge >= 0.3 is 0 Å². The van der Waals surface area contributed by atoms with Crippen molar-refractivity contribution in [2.45, 2.75) is 26.3 Å². The molecule has 27 heavy (non-hydrogen) atoms. The highest BCUT2D eigenvalue weighted by Crippen LogP contribution is 2.34. The largest absolute Gasteiger partial charge is 0.354 e. The van der Waals surface area contributed by atoms with Gasteiger partial charge in [-0.1, -0.05) is 61.3 Å². The number of hydrogen-bond donors (Lipinski definition) is 1. The fourth-order valence-electron chi connectivity index (χ4n) is 3.41. The summed E-state index contributed by atoms with van der Waals surface area (Å²) in [6.45, 7) is 4.99. The Labute approximate surface area is 169 Å². The van der Waals surface area contributed by atoms with Gasteiger partial charge in [-0.2, -0.15) is 0 Å². The minimum absolute atomic E-state index is 0.0893. The number of carbonyl (C=O) groups excluding carboxylic acids is 2. The highest BCUT2D eigenvalue weighted by molar-refractivity contribution is 6.36. The highest BCUT2D eigenvalue weighted by Gasteiger charge is 2.40. The van der Waals surface area contributed by atoms with E-state index >= 15 is 0 Å². The lowest BCUT2D eigenvalue weighted by Crippen LogP contribution is -2.41. The van der Waals surface area contributed by atoms with Crippen LogP contribution in [0.15, 0.2) is 42.5 Å². The van der Waals surface area contributed by atoms with Crippen LogP contribution in [0.4, 0.5) is 0 Å². The molecule has 2 aromatic carbocycles. The van der Waals surface area contributed by atoms with Crippen molar-refractivity contribution in [1.82, 2.24) is 10.2 Å². The summed E-state index contributed by atoms with van der Waals surface area (Å²) in [7, 11) is 0. The van der Waals surface area contributed by atoms with Crippen molar-refractivity contribution in [3.63, 3.8) is 0 Å². The molecule has 1 unspecified atom stereocenters. The molecule has 2 aromatic rings. The van der Waals surface area contributed by atoms with E-state index in [1.807, 2.05) is 32.0 Å². The summed E-state index contributed by atoms with van der Waals surface area (Å²) in [6, 6.07) is 12.1. The van der Waals surface area contributed by atoms with Crippen LogP contribution in [-0.2, 0) is 11.2 Å². The molecule has 1 N–H and O–H groups in total. The van der Waals surface area contributed by atoms with Crippen LogP contribution < -0.4 is 5.32 Å². The number of halogens is 2. The van der Waals surface area contributed by atoms with Gasteiger partial charge in [0, 0.05) is 28.7 Å². The molecule has 3 rings (SSSR count). The molecular formula is C21H22Cl2N2O2. The average molecular weight is 405 g/mol. The van der Waals surface area contributed by atoms with Gasteiger partial charge in [-0.05, 0) is 41.7 Å². The highest BCUT2D eigenvalue weighted by atomic mass is 35.5. The van der Waals surface area contributed by atoms with Gasteiger partial charge in [0.2, 0.25) is 5.91 Å². The maximum absolute atomic E-state index is 12.9. The third kappa shape index (κ3) is 4.12. The summed E-state index contributed by atoms with van der Waals surface area (Å²) in [6.07, 6.45) is 0.525. The molecule has 1 atom stereocenters. The number of rotatable bonds is 6. The van der Waals surface area contributed by atoms with E-state index in [0.717, 1.165) is 11.1 Å². The summed E-state index contributed by atoms with van der Waals surface area (Å²) in [5.41, 5.74) is 2.17. The quantitative estimate of drug-likeness (QED) is 0.769. The number of carbonyl (C=O) groups is 2. The molecule has 4 nitrogen and oxygen atoms in total. The summed E-state index contributed by atoms with van der Waals surface area (Å²) < 4.78 is 0. The number of nitrogens with zero attached hydrogens (tertiary/aromatic N) is 1. The van der Waals surface area contributed by atoms with Crippen molar-refractivity contribution in [2.75, 3.05) is 13.1 Å². The van der Waals surface area contributed by atoms with Crippen molar-refractivity contribution < 1.29 is 9.59 Å². The molecule has 142 valence electrons. The Balaban J connectivity index is 1.74. The fourth-order valence-corrected chi connectivity index (χ4v) is 4.00. The van der Waals surface area contributed by atoms with Gasteiger partial charge < -0.3 is 10.2 Å². The van der Waals surface area contributed by atoms with E-state index in [4.69, 9.17) is 23.2 Å². The first-order valence-corrected chi connectivity index (χ1v) is 9.76. The van der Waals surface area contributed by atoms with E-state index in [-0.39, 0.29) is 17.7 Å². The first kappa shape index (κ1) is 19.7. The Morgan fingerprint density at radius 1 is 1.11 bits per heavy atom. The third-order valence-electron chi connectivity index (χ3n) is 4.60. The van der Waals surface area contributed by atoms with E-state index in [2.05, 4.69) is 5.32 Å². The van der Waals surface area contributed by atoms with Crippen molar-refractivity contribution in [1.29, 1.82) is 0 Å². The number of nitrogens with one attached hydrogen (secondary N) is 1. The second-order valence-electron chi connectivity index (χ2n) is 7.08. The molecular weight excluding hydrogens is 383 g/mol. The van der Waals surface area contributed by atoms with Gasteiger partial charge in [0.1, 0.15) is 6.04 Å². The second kappa shape index (κ2) is 8.32.